The van der Waals surface area contributed by atoms with Crippen LogP contribution < -0.4 is 19.3 Å². The highest BCUT2D eigenvalue weighted by Gasteiger charge is 2.43. The zero-order valence-electron chi connectivity index (χ0n) is 37.5. The van der Waals surface area contributed by atoms with Gasteiger partial charge in [0.25, 0.3) is 0 Å². The molecule has 2 N–H and O–H groups in total. The Balaban J connectivity index is 0.834. The van der Waals surface area contributed by atoms with Gasteiger partial charge in [0.1, 0.15) is 23.0 Å². The van der Waals surface area contributed by atoms with Crippen molar-refractivity contribution in [2.24, 2.45) is 11.8 Å². The van der Waals surface area contributed by atoms with Crippen molar-refractivity contribution in [2.75, 3.05) is 23.0 Å². The van der Waals surface area contributed by atoms with Gasteiger partial charge < -0.3 is 29.5 Å². The first kappa shape index (κ1) is 40.9. The normalized spacial score (nSPS) is 23.5. The summed E-state index contributed by atoms with van der Waals surface area (Å²) in [5.74, 6) is 3.86. The monoisotopic (exact) mass is 850 g/mol. The standard InChI is InChI=1S/C58H62N2O4/c1-37-31-47(57(61)53(33-37)59-49-25-11-5-19-41(49)42-20-6-12-26-50(42)59)45-23-9-15-29-55(45)63-35-39-17-3-4-18-40(39)36-64-56-30-16-10-24-46(56)48-32-38(2)34-54(58(48)62)60-51-27-13-7-21-43(51)44-22-8-14-28-52(44)60/h5,7,9-11,13,15-16,19,21,23-25,27,29-34,39-40,42,44,50,52,61-62H,3-4,6,8,12,14,17-18,20,22,26,28,35-36H2,1-2H3. The SMILES string of the molecule is Cc1cc(-c2ccccc2OCC2CCCCC2COc2ccccc2-c2cc(C)cc(N3c4ccccc4C4CCCCC43)c2O)c(O)c(N2c3ccccc3C3CCCCC32)c1. The predicted octanol–water partition coefficient (Wildman–Crippen LogP) is 14.7. The van der Waals surface area contributed by atoms with Crippen molar-refractivity contribution >= 4 is 22.7 Å². The first-order valence-electron chi connectivity index (χ1n) is 24.3. The van der Waals surface area contributed by atoms with Crippen LogP contribution in [0.5, 0.6) is 23.0 Å². The molecule has 5 aliphatic rings. The van der Waals surface area contributed by atoms with E-state index in [1.54, 1.807) is 0 Å². The Labute approximate surface area is 379 Å². The van der Waals surface area contributed by atoms with Gasteiger partial charge in [-0.15, -0.1) is 0 Å². The van der Waals surface area contributed by atoms with Crippen molar-refractivity contribution in [2.45, 2.75) is 115 Å². The number of hydrogen-bond donors (Lipinski definition) is 2. The lowest BCUT2D eigenvalue weighted by molar-refractivity contribution is 0.105. The summed E-state index contributed by atoms with van der Waals surface area (Å²) in [4.78, 5) is 4.88. The number of phenolic OH excluding ortho intramolecular Hbond substituents is 2. The number of ether oxygens (including phenoxy) is 2. The van der Waals surface area contributed by atoms with Crippen LogP contribution in [0.4, 0.5) is 22.7 Å². The van der Waals surface area contributed by atoms with Crippen LogP contribution in [0, 0.1) is 25.7 Å². The Morgan fingerprint density at radius 3 is 1.30 bits per heavy atom. The minimum absolute atomic E-state index is 0.317. The Bertz CT molecular complexity index is 2490. The minimum Gasteiger partial charge on any atom is -0.505 e. The molecule has 2 heterocycles. The van der Waals surface area contributed by atoms with Crippen LogP contribution >= 0.6 is 0 Å². The van der Waals surface area contributed by atoms with Crippen LogP contribution in [0.3, 0.4) is 0 Å². The van der Waals surface area contributed by atoms with Gasteiger partial charge in [-0.25, -0.2) is 0 Å². The third kappa shape index (κ3) is 7.27. The van der Waals surface area contributed by atoms with E-state index in [4.69, 9.17) is 9.47 Å². The first-order chi connectivity index (χ1) is 31.4. The largest absolute Gasteiger partial charge is 0.505 e. The van der Waals surface area contributed by atoms with Crippen LogP contribution in [0.25, 0.3) is 22.3 Å². The maximum atomic E-state index is 12.3. The van der Waals surface area contributed by atoms with E-state index in [2.05, 4.69) is 121 Å². The highest BCUT2D eigenvalue weighted by molar-refractivity contribution is 5.88. The number of aromatic hydroxyl groups is 2. The number of anilines is 4. The molecule has 0 amide bonds. The average molecular weight is 851 g/mol. The molecule has 0 radical (unpaired) electrons. The predicted molar refractivity (Wildman–Crippen MR) is 260 cm³/mol. The number of nitrogens with zero attached hydrogens (tertiary/aromatic N) is 2. The van der Waals surface area contributed by atoms with Crippen LogP contribution in [0.2, 0.25) is 0 Å². The van der Waals surface area contributed by atoms with E-state index in [0.717, 1.165) is 81.9 Å². The van der Waals surface area contributed by atoms with Gasteiger partial charge in [-0.1, -0.05) is 111 Å². The molecular formula is C58H62N2O4. The molecule has 6 aromatic carbocycles. The van der Waals surface area contributed by atoms with Crippen molar-refractivity contribution in [3.05, 3.63) is 144 Å². The summed E-state index contributed by atoms with van der Waals surface area (Å²) in [6.07, 6.45) is 14.1. The number of fused-ring (bicyclic) bond motifs is 6. The van der Waals surface area contributed by atoms with Crippen molar-refractivity contribution in [1.82, 2.24) is 0 Å². The Kier molecular flexibility index (Phi) is 11.0. The molecule has 0 saturated heterocycles. The lowest BCUT2D eigenvalue weighted by atomic mass is 9.80. The zero-order valence-corrected chi connectivity index (χ0v) is 37.5. The quantitative estimate of drug-likeness (QED) is 0.143. The highest BCUT2D eigenvalue weighted by atomic mass is 16.5. The summed E-state index contributed by atoms with van der Waals surface area (Å²) in [5.41, 5.74) is 12.8. The van der Waals surface area contributed by atoms with Crippen molar-refractivity contribution in [3.8, 4) is 45.3 Å². The summed E-state index contributed by atoms with van der Waals surface area (Å²) in [6.45, 7) is 5.44. The van der Waals surface area contributed by atoms with E-state index in [-0.39, 0.29) is 0 Å². The van der Waals surface area contributed by atoms with Crippen LogP contribution in [0.15, 0.2) is 121 Å². The third-order valence-electron chi connectivity index (χ3n) is 15.6. The Morgan fingerprint density at radius 2 is 0.828 bits per heavy atom. The molecule has 6 unspecified atom stereocenters. The number of hydrogen-bond acceptors (Lipinski definition) is 6. The zero-order chi connectivity index (χ0) is 43.3. The summed E-state index contributed by atoms with van der Waals surface area (Å²) >= 11 is 0. The third-order valence-corrected chi connectivity index (χ3v) is 15.6. The fourth-order valence-corrected chi connectivity index (χ4v) is 12.6. The molecule has 2 aliphatic heterocycles. The van der Waals surface area contributed by atoms with Crippen molar-refractivity contribution < 1.29 is 19.7 Å². The number of phenols is 2. The van der Waals surface area contributed by atoms with Crippen LogP contribution in [-0.4, -0.2) is 35.5 Å². The van der Waals surface area contributed by atoms with Gasteiger partial charge >= 0.3 is 0 Å². The van der Waals surface area contributed by atoms with Gasteiger partial charge in [-0.05, 0) is 135 Å². The second-order valence-electron chi connectivity index (χ2n) is 19.6. The molecule has 0 spiro atoms. The van der Waals surface area contributed by atoms with Gasteiger partial charge in [0.05, 0.1) is 24.6 Å². The van der Waals surface area contributed by atoms with Crippen molar-refractivity contribution in [1.29, 1.82) is 0 Å². The molecule has 0 aromatic heterocycles. The topological polar surface area (TPSA) is 65.4 Å². The van der Waals surface area contributed by atoms with Crippen molar-refractivity contribution in [3.63, 3.8) is 0 Å². The van der Waals surface area contributed by atoms with E-state index in [1.165, 1.54) is 73.9 Å². The lowest BCUT2D eigenvalue weighted by Crippen LogP contribution is -2.32. The number of para-hydroxylation sites is 4. The van der Waals surface area contributed by atoms with Gasteiger partial charge in [0.15, 0.2) is 0 Å². The second kappa shape index (κ2) is 17.3. The molecule has 64 heavy (non-hydrogen) atoms. The molecule has 3 aliphatic carbocycles. The number of aryl methyl sites for hydroxylation is 2. The maximum Gasteiger partial charge on any atom is 0.147 e. The highest BCUT2D eigenvalue weighted by Crippen LogP contribution is 2.56. The Morgan fingerprint density at radius 1 is 0.438 bits per heavy atom. The van der Waals surface area contributed by atoms with E-state index >= 15 is 0 Å². The number of benzene rings is 6. The average Bonchev–Trinajstić information content (AvgIpc) is 3.85. The Hall–Kier alpha value is -5.88. The first-order valence-corrected chi connectivity index (χ1v) is 24.3. The lowest BCUT2D eigenvalue weighted by Gasteiger charge is -2.34. The molecule has 328 valence electrons. The second-order valence-corrected chi connectivity index (χ2v) is 19.6. The summed E-state index contributed by atoms with van der Waals surface area (Å²) < 4.78 is 13.7. The fraction of sp³-hybridized carbons (Fsp3) is 0.379. The van der Waals surface area contributed by atoms with E-state index in [1.807, 2.05) is 24.3 Å². The van der Waals surface area contributed by atoms with Gasteiger partial charge in [0, 0.05) is 57.5 Å². The number of rotatable bonds is 10. The molecule has 3 saturated carbocycles. The molecular weight excluding hydrogens is 789 g/mol. The van der Waals surface area contributed by atoms with Gasteiger partial charge in [0.2, 0.25) is 0 Å². The molecule has 3 fully saturated rings. The summed E-state index contributed by atoms with van der Waals surface area (Å²) in [5, 5.41) is 24.5. The van der Waals surface area contributed by atoms with Gasteiger partial charge in [-0.2, -0.15) is 0 Å². The smallest absolute Gasteiger partial charge is 0.147 e. The molecule has 6 atom stereocenters. The summed E-state index contributed by atoms with van der Waals surface area (Å²) in [7, 11) is 0. The van der Waals surface area contributed by atoms with Crippen LogP contribution in [0.1, 0.15) is 111 Å². The van der Waals surface area contributed by atoms with Gasteiger partial charge in [-0.3, -0.25) is 0 Å². The van der Waals surface area contributed by atoms with Crippen LogP contribution in [-0.2, 0) is 0 Å². The molecule has 6 aromatic rings. The molecule has 0 bridgehead atoms. The van der Waals surface area contributed by atoms with E-state index in [0.29, 0.717) is 60.5 Å². The molecule has 6 heteroatoms. The fourth-order valence-electron chi connectivity index (χ4n) is 12.6. The minimum atomic E-state index is 0.317. The maximum absolute atomic E-state index is 12.3. The summed E-state index contributed by atoms with van der Waals surface area (Å²) in [6, 6.07) is 43.4. The van der Waals surface area contributed by atoms with E-state index in [9.17, 15) is 10.2 Å². The van der Waals surface area contributed by atoms with E-state index < -0.39 is 0 Å². The molecule has 6 nitrogen and oxygen atoms in total. The molecule has 11 rings (SSSR count).